The van der Waals surface area contributed by atoms with E-state index in [0.717, 1.165) is 12.2 Å². The number of carbonyl (C=O) groups excluding carboxylic acids is 2. The van der Waals surface area contributed by atoms with Crippen LogP contribution in [0.3, 0.4) is 0 Å². The van der Waals surface area contributed by atoms with Gasteiger partial charge in [-0.15, -0.1) is 0 Å². The number of pyridine rings is 1. The van der Waals surface area contributed by atoms with Crippen molar-refractivity contribution in [2.24, 2.45) is 5.92 Å². The van der Waals surface area contributed by atoms with Gasteiger partial charge in [-0.2, -0.15) is 0 Å². The Morgan fingerprint density at radius 1 is 1.19 bits per heavy atom. The summed E-state index contributed by atoms with van der Waals surface area (Å²) in [5, 5.41) is 3.06. The van der Waals surface area contributed by atoms with E-state index in [-0.39, 0.29) is 18.4 Å². The molecule has 0 radical (unpaired) electrons. The molecule has 5 rings (SSSR count). The Morgan fingerprint density at radius 3 is 2.62 bits per heavy atom. The molecular formula is C20H20N4O2. The Hall–Kier alpha value is -2.89. The minimum Gasteiger partial charge on any atom is -0.359 e. The molecular weight excluding hydrogens is 328 g/mol. The van der Waals surface area contributed by atoms with Gasteiger partial charge in [0.1, 0.15) is 5.82 Å². The summed E-state index contributed by atoms with van der Waals surface area (Å²) in [6, 6.07) is 9.95. The second-order valence-electron chi connectivity index (χ2n) is 7.32. The third-order valence-corrected chi connectivity index (χ3v) is 5.38. The molecule has 2 amide bonds. The number of fused-ring (bicyclic) bond motifs is 2. The van der Waals surface area contributed by atoms with Crippen molar-refractivity contribution in [3.63, 3.8) is 0 Å². The Balaban J connectivity index is 1.43. The Morgan fingerprint density at radius 2 is 1.92 bits per heavy atom. The fourth-order valence-corrected chi connectivity index (χ4v) is 3.72. The topological polar surface area (TPSA) is 65.5 Å². The molecule has 2 aromatic rings. The molecule has 1 aromatic carbocycles. The normalized spacial score (nSPS) is 18.4. The van der Waals surface area contributed by atoms with Crippen LogP contribution in [0.15, 0.2) is 36.5 Å². The van der Waals surface area contributed by atoms with Crippen molar-refractivity contribution >= 4 is 23.3 Å². The molecule has 1 saturated carbocycles. The molecule has 0 saturated heterocycles. The summed E-state index contributed by atoms with van der Waals surface area (Å²) in [5.74, 6) is 1.27. The van der Waals surface area contributed by atoms with Crippen molar-refractivity contribution in [3.8, 4) is 0 Å². The van der Waals surface area contributed by atoms with Crippen LogP contribution in [0.4, 0.5) is 11.5 Å². The van der Waals surface area contributed by atoms with Gasteiger partial charge in [0.2, 0.25) is 5.91 Å². The first-order valence-corrected chi connectivity index (χ1v) is 9.09. The highest BCUT2D eigenvalue weighted by Gasteiger charge is 2.32. The van der Waals surface area contributed by atoms with Gasteiger partial charge in [0.15, 0.2) is 0 Å². The zero-order valence-electron chi connectivity index (χ0n) is 14.4. The quantitative estimate of drug-likeness (QED) is 0.925. The summed E-state index contributed by atoms with van der Waals surface area (Å²) in [6.07, 6.45) is 3.96. The number of carbonyl (C=O) groups is 2. The summed E-state index contributed by atoms with van der Waals surface area (Å²) in [4.78, 5) is 33.4. The number of amides is 2. The van der Waals surface area contributed by atoms with E-state index in [4.69, 9.17) is 0 Å². The van der Waals surface area contributed by atoms with Crippen LogP contribution in [0, 0.1) is 5.92 Å². The number of hydrogen-bond donors (Lipinski definition) is 1. The second-order valence-corrected chi connectivity index (χ2v) is 7.32. The minimum absolute atomic E-state index is 0.0408. The first-order chi connectivity index (χ1) is 12.7. The van der Waals surface area contributed by atoms with Crippen LogP contribution in [-0.4, -0.2) is 34.8 Å². The lowest BCUT2D eigenvalue weighted by Gasteiger charge is -2.30. The van der Waals surface area contributed by atoms with Gasteiger partial charge < -0.3 is 15.1 Å². The van der Waals surface area contributed by atoms with Crippen molar-refractivity contribution in [2.45, 2.75) is 25.9 Å². The third kappa shape index (κ3) is 2.62. The molecule has 6 heteroatoms. The lowest BCUT2D eigenvalue weighted by molar-refractivity contribution is -0.117. The Kier molecular flexibility index (Phi) is 3.45. The van der Waals surface area contributed by atoms with Crippen LogP contribution >= 0.6 is 0 Å². The van der Waals surface area contributed by atoms with Gasteiger partial charge in [-0.3, -0.25) is 9.59 Å². The molecule has 1 N–H and O–H groups in total. The van der Waals surface area contributed by atoms with Gasteiger partial charge in [-0.25, -0.2) is 4.98 Å². The van der Waals surface area contributed by atoms with Crippen LogP contribution in [0.2, 0.25) is 0 Å². The van der Waals surface area contributed by atoms with E-state index in [1.54, 1.807) is 11.1 Å². The van der Waals surface area contributed by atoms with Crippen molar-refractivity contribution in [3.05, 3.63) is 53.2 Å². The molecule has 132 valence electrons. The number of nitrogens with one attached hydrogen (secondary N) is 1. The maximum Gasteiger partial charge on any atom is 0.256 e. The van der Waals surface area contributed by atoms with Crippen molar-refractivity contribution in [1.29, 1.82) is 0 Å². The molecule has 1 aliphatic carbocycles. The molecule has 0 bridgehead atoms. The minimum atomic E-state index is -0.0408. The number of aromatic nitrogens is 1. The van der Waals surface area contributed by atoms with Gasteiger partial charge in [-0.1, -0.05) is 24.3 Å². The molecule has 1 aromatic heterocycles. The van der Waals surface area contributed by atoms with Crippen LogP contribution in [0.1, 0.15) is 34.3 Å². The van der Waals surface area contributed by atoms with Crippen molar-refractivity contribution in [1.82, 2.24) is 9.88 Å². The average molecular weight is 348 g/mol. The maximum atomic E-state index is 13.0. The van der Waals surface area contributed by atoms with E-state index in [0.29, 0.717) is 30.4 Å². The fourth-order valence-electron chi connectivity index (χ4n) is 3.72. The second kappa shape index (κ2) is 5.83. The van der Waals surface area contributed by atoms with E-state index in [1.165, 1.54) is 24.0 Å². The van der Waals surface area contributed by atoms with Gasteiger partial charge in [0, 0.05) is 25.8 Å². The van der Waals surface area contributed by atoms with Gasteiger partial charge in [0.25, 0.3) is 5.91 Å². The van der Waals surface area contributed by atoms with Crippen molar-refractivity contribution in [2.75, 3.05) is 23.3 Å². The smallest absolute Gasteiger partial charge is 0.256 e. The van der Waals surface area contributed by atoms with Gasteiger partial charge >= 0.3 is 0 Å². The average Bonchev–Trinajstić information content (AvgIpc) is 3.38. The Bertz CT molecular complexity index is 881. The third-order valence-electron chi connectivity index (χ3n) is 5.38. The van der Waals surface area contributed by atoms with E-state index in [2.05, 4.69) is 22.4 Å². The molecule has 26 heavy (non-hydrogen) atoms. The van der Waals surface area contributed by atoms with E-state index in [9.17, 15) is 9.59 Å². The standard InChI is InChI=1S/C20H20N4O2/c25-18-9-22-19-17(24(18)10-13-5-6-13)7-16(8-21-19)20(26)23-11-14-3-1-2-4-15(14)12-23/h1-4,7-8,13H,5-6,9-12H2,(H,21,22). The van der Waals surface area contributed by atoms with Crippen molar-refractivity contribution < 1.29 is 9.59 Å². The first kappa shape index (κ1) is 15.4. The highest BCUT2D eigenvalue weighted by Crippen LogP contribution is 2.35. The lowest BCUT2D eigenvalue weighted by Crippen LogP contribution is -2.41. The fraction of sp³-hybridized carbons (Fsp3) is 0.350. The van der Waals surface area contributed by atoms with Crippen LogP contribution < -0.4 is 10.2 Å². The summed E-state index contributed by atoms with van der Waals surface area (Å²) in [5.41, 5.74) is 3.66. The van der Waals surface area contributed by atoms with Gasteiger partial charge in [0.05, 0.1) is 17.8 Å². The molecule has 0 spiro atoms. The van der Waals surface area contributed by atoms with E-state index in [1.807, 2.05) is 23.1 Å². The maximum absolute atomic E-state index is 13.0. The molecule has 2 aliphatic heterocycles. The molecule has 0 atom stereocenters. The largest absolute Gasteiger partial charge is 0.359 e. The van der Waals surface area contributed by atoms with Gasteiger partial charge in [-0.05, 0) is 36.0 Å². The summed E-state index contributed by atoms with van der Waals surface area (Å²) in [6.45, 7) is 2.23. The Labute approximate surface area is 151 Å². The SMILES string of the molecule is O=C(c1cnc2c(c1)N(CC1CC1)C(=O)CN2)N1Cc2ccccc2C1. The molecule has 3 aliphatic rings. The highest BCUT2D eigenvalue weighted by molar-refractivity contribution is 6.04. The number of benzene rings is 1. The zero-order valence-corrected chi connectivity index (χ0v) is 14.4. The van der Waals surface area contributed by atoms with Crippen LogP contribution in [-0.2, 0) is 17.9 Å². The van der Waals surface area contributed by atoms with E-state index < -0.39 is 0 Å². The van der Waals surface area contributed by atoms with E-state index >= 15 is 0 Å². The van der Waals surface area contributed by atoms with Crippen LogP contribution in [0.5, 0.6) is 0 Å². The highest BCUT2D eigenvalue weighted by atomic mass is 16.2. The number of hydrogen-bond acceptors (Lipinski definition) is 4. The number of anilines is 2. The summed E-state index contributed by atoms with van der Waals surface area (Å²) >= 11 is 0. The number of nitrogens with zero attached hydrogens (tertiary/aromatic N) is 3. The first-order valence-electron chi connectivity index (χ1n) is 9.09. The monoisotopic (exact) mass is 348 g/mol. The predicted molar refractivity (Wildman–Crippen MR) is 97.8 cm³/mol. The number of rotatable bonds is 3. The van der Waals surface area contributed by atoms with Crippen LogP contribution in [0.25, 0.3) is 0 Å². The molecule has 6 nitrogen and oxygen atoms in total. The molecule has 3 heterocycles. The molecule has 0 unspecified atom stereocenters. The zero-order chi connectivity index (χ0) is 17.7. The summed E-state index contributed by atoms with van der Waals surface area (Å²) in [7, 11) is 0. The molecule has 1 fully saturated rings. The summed E-state index contributed by atoms with van der Waals surface area (Å²) < 4.78 is 0. The lowest BCUT2D eigenvalue weighted by atomic mass is 10.1. The predicted octanol–water partition coefficient (Wildman–Crippen LogP) is 2.41.